The maximum Gasteiger partial charge on any atom is 0.305 e. The van der Waals surface area contributed by atoms with E-state index in [4.69, 9.17) is 11.5 Å². The van der Waals surface area contributed by atoms with E-state index in [0.717, 1.165) is 0 Å². The number of hydrogen-bond acceptors (Lipinski definition) is 5. The highest BCUT2D eigenvalue weighted by molar-refractivity contribution is 7.80. The first-order chi connectivity index (χ1) is 5.16. The number of hydrogen-bond donors (Lipinski definition) is 3. The third-order valence-corrected chi connectivity index (χ3v) is 1.28. The summed E-state index contributed by atoms with van der Waals surface area (Å²) in [4.78, 5) is 10.7. The lowest BCUT2D eigenvalue weighted by Gasteiger charge is -2.04. The molecule has 1 unspecified atom stereocenters. The number of ether oxygens (including phenoxy) is 1. The van der Waals surface area contributed by atoms with Gasteiger partial charge in [0.05, 0.1) is 0 Å². The van der Waals surface area contributed by atoms with Crippen LogP contribution in [0.25, 0.3) is 0 Å². The summed E-state index contributed by atoms with van der Waals surface area (Å²) in [6.07, 6.45) is 0.844. The molecule has 0 aromatic carbocycles. The van der Waals surface area contributed by atoms with E-state index in [2.05, 4.69) is 17.4 Å². The monoisotopic (exact) mass is 250 g/mol. The summed E-state index contributed by atoms with van der Waals surface area (Å²) in [6.45, 7) is 0.638. The smallest absolute Gasteiger partial charge is 0.305 e. The molecule has 4 N–H and O–H groups in total. The van der Waals surface area contributed by atoms with E-state index >= 15 is 0 Å². The Morgan fingerprint density at radius 1 is 1.46 bits per heavy atom. The molecule has 4 nitrogen and oxygen atoms in total. The van der Waals surface area contributed by atoms with Crippen LogP contribution >= 0.6 is 37.4 Å². The van der Waals surface area contributed by atoms with Crippen LogP contribution in [0.15, 0.2) is 0 Å². The summed E-state index contributed by atoms with van der Waals surface area (Å²) in [6, 6.07) is 0. The summed E-state index contributed by atoms with van der Waals surface area (Å²) >= 11 is 3.91. The topological polar surface area (TPSA) is 78.3 Å². The van der Waals surface area contributed by atoms with Crippen molar-refractivity contribution in [1.82, 2.24) is 0 Å². The maximum absolute atomic E-state index is 10.7. The van der Waals surface area contributed by atoms with Gasteiger partial charge in [0.1, 0.15) is 6.61 Å². The molecule has 7 heteroatoms. The second-order valence-electron chi connectivity index (χ2n) is 2.12. The van der Waals surface area contributed by atoms with Crippen LogP contribution in [-0.4, -0.2) is 24.5 Å². The van der Waals surface area contributed by atoms with Gasteiger partial charge < -0.3 is 16.2 Å². The molecule has 0 amide bonds. The van der Waals surface area contributed by atoms with E-state index in [1.54, 1.807) is 0 Å². The lowest BCUT2D eigenvalue weighted by Crippen LogP contribution is -2.17. The molecule has 0 aliphatic heterocycles. The fraction of sp³-hybridized carbons (Fsp3) is 0.833. The third kappa shape index (κ3) is 15.1. The SMILES string of the molecule is Cl.Cl.NCCOC(=O)CCC(N)S. The van der Waals surface area contributed by atoms with Crippen LogP contribution < -0.4 is 11.5 Å². The summed E-state index contributed by atoms with van der Waals surface area (Å²) < 4.78 is 4.69. The van der Waals surface area contributed by atoms with Crippen LogP contribution in [0.5, 0.6) is 0 Å². The summed E-state index contributed by atoms with van der Waals surface area (Å²) in [5.74, 6) is -0.264. The first-order valence-corrected chi connectivity index (χ1v) is 3.97. The normalized spacial score (nSPS) is 10.7. The van der Waals surface area contributed by atoms with E-state index in [1.807, 2.05) is 0 Å². The molecule has 0 fully saturated rings. The lowest BCUT2D eigenvalue weighted by molar-refractivity contribution is -0.143. The number of nitrogens with two attached hydrogens (primary N) is 2. The molecule has 0 aromatic rings. The molecule has 0 bridgehead atoms. The number of carbonyl (C=O) groups excluding carboxylic acids is 1. The average Bonchev–Trinajstić information content (AvgIpc) is 1.97. The number of carbonyl (C=O) groups is 1. The van der Waals surface area contributed by atoms with Gasteiger partial charge in [-0.15, -0.1) is 24.8 Å². The van der Waals surface area contributed by atoms with Gasteiger partial charge in [0, 0.05) is 18.3 Å². The minimum atomic E-state index is -0.264. The highest BCUT2D eigenvalue weighted by Crippen LogP contribution is 1.98. The summed E-state index contributed by atoms with van der Waals surface area (Å²) in [5.41, 5.74) is 10.4. The quantitative estimate of drug-likeness (QED) is 0.374. The van der Waals surface area contributed by atoms with Gasteiger partial charge in [-0.05, 0) is 6.42 Å². The Balaban J connectivity index is -0.000000500. The predicted octanol–water partition coefficient (Wildman–Crippen LogP) is 0.327. The number of halogens is 2. The molecule has 1 atom stereocenters. The fourth-order valence-corrected chi connectivity index (χ4v) is 0.640. The largest absolute Gasteiger partial charge is 0.464 e. The van der Waals surface area contributed by atoms with E-state index in [0.29, 0.717) is 19.4 Å². The van der Waals surface area contributed by atoms with Crippen molar-refractivity contribution >= 4 is 43.4 Å². The van der Waals surface area contributed by atoms with Crippen molar-refractivity contribution in [2.75, 3.05) is 13.2 Å². The zero-order valence-electron chi connectivity index (χ0n) is 7.14. The molecule has 0 aliphatic carbocycles. The molecule has 0 aliphatic rings. The zero-order valence-corrected chi connectivity index (χ0v) is 9.67. The Labute approximate surface area is 96.0 Å². The highest BCUT2D eigenvalue weighted by Gasteiger charge is 2.03. The van der Waals surface area contributed by atoms with Crippen molar-refractivity contribution in [3.63, 3.8) is 0 Å². The van der Waals surface area contributed by atoms with Crippen LogP contribution in [0, 0.1) is 0 Å². The van der Waals surface area contributed by atoms with Crippen LogP contribution in [0.4, 0.5) is 0 Å². The number of esters is 1. The van der Waals surface area contributed by atoms with E-state index in [1.165, 1.54) is 0 Å². The van der Waals surface area contributed by atoms with Crippen LogP contribution in [0.2, 0.25) is 0 Å². The standard InChI is InChI=1S/C6H14N2O2S.2ClH/c7-3-4-10-6(9)2-1-5(8)11;;/h5,11H,1-4,7-8H2;2*1H. The highest BCUT2D eigenvalue weighted by atomic mass is 35.5. The van der Waals surface area contributed by atoms with Gasteiger partial charge in [-0.25, -0.2) is 0 Å². The van der Waals surface area contributed by atoms with Crippen molar-refractivity contribution in [3.8, 4) is 0 Å². The molecule has 0 saturated carbocycles. The van der Waals surface area contributed by atoms with Gasteiger partial charge in [0.2, 0.25) is 0 Å². The predicted molar refractivity (Wildman–Crippen MR) is 60.7 cm³/mol. The fourth-order valence-electron chi connectivity index (χ4n) is 0.511. The molecule has 13 heavy (non-hydrogen) atoms. The Morgan fingerprint density at radius 2 is 2.00 bits per heavy atom. The van der Waals surface area contributed by atoms with Crippen molar-refractivity contribution in [1.29, 1.82) is 0 Å². The Bertz CT molecular complexity index is 127. The zero-order chi connectivity index (χ0) is 8.69. The van der Waals surface area contributed by atoms with Gasteiger partial charge in [0.15, 0.2) is 0 Å². The van der Waals surface area contributed by atoms with Gasteiger partial charge in [-0.1, -0.05) is 0 Å². The Morgan fingerprint density at radius 3 is 2.38 bits per heavy atom. The first-order valence-electron chi connectivity index (χ1n) is 3.46. The average molecular weight is 251 g/mol. The molecule has 82 valence electrons. The molecular formula is C6H16Cl2N2O2S. The van der Waals surface area contributed by atoms with Crippen molar-refractivity contribution < 1.29 is 9.53 Å². The summed E-state index contributed by atoms with van der Waals surface area (Å²) in [5, 5.41) is -0.250. The molecule has 0 saturated heterocycles. The molecule has 0 heterocycles. The number of thiol groups is 1. The van der Waals surface area contributed by atoms with Crippen LogP contribution in [-0.2, 0) is 9.53 Å². The Hall–Kier alpha value is 0.320. The first kappa shape index (κ1) is 19.0. The molecule has 0 rings (SSSR count). The van der Waals surface area contributed by atoms with Gasteiger partial charge in [-0.2, -0.15) is 12.6 Å². The van der Waals surface area contributed by atoms with E-state index in [9.17, 15) is 4.79 Å². The van der Waals surface area contributed by atoms with E-state index < -0.39 is 0 Å². The molecular weight excluding hydrogens is 235 g/mol. The molecule has 0 radical (unpaired) electrons. The second-order valence-corrected chi connectivity index (χ2v) is 2.78. The van der Waals surface area contributed by atoms with Gasteiger partial charge >= 0.3 is 5.97 Å². The molecule has 0 spiro atoms. The lowest BCUT2D eigenvalue weighted by atomic mass is 10.3. The summed E-state index contributed by atoms with van der Waals surface area (Å²) in [7, 11) is 0. The maximum atomic E-state index is 10.7. The van der Waals surface area contributed by atoms with Crippen LogP contribution in [0.1, 0.15) is 12.8 Å². The van der Waals surface area contributed by atoms with Gasteiger partial charge in [0.25, 0.3) is 0 Å². The minimum Gasteiger partial charge on any atom is -0.464 e. The van der Waals surface area contributed by atoms with Crippen molar-refractivity contribution in [2.24, 2.45) is 11.5 Å². The second kappa shape index (κ2) is 12.3. The third-order valence-electron chi connectivity index (χ3n) is 1.03. The van der Waals surface area contributed by atoms with Crippen molar-refractivity contribution in [2.45, 2.75) is 18.2 Å². The van der Waals surface area contributed by atoms with Gasteiger partial charge in [-0.3, -0.25) is 4.79 Å². The minimum absolute atomic E-state index is 0. The van der Waals surface area contributed by atoms with E-state index in [-0.39, 0.29) is 42.8 Å². The Kier molecular flexibility index (Phi) is 18.0. The van der Waals surface area contributed by atoms with Crippen LogP contribution in [0.3, 0.4) is 0 Å². The number of rotatable bonds is 5. The van der Waals surface area contributed by atoms with Crippen molar-refractivity contribution in [3.05, 3.63) is 0 Å². The molecule has 0 aromatic heterocycles.